The Bertz CT molecular complexity index is 1370. The lowest BCUT2D eigenvalue weighted by Crippen LogP contribution is -2.47. The normalized spacial score (nSPS) is 16.4. The van der Waals surface area contributed by atoms with Crippen LogP contribution in [0.3, 0.4) is 0 Å². The predicted octanol–water partition coefficient (Wildman–Crippen LogP) is 6.13. The van der Waals surface area contributed by atoms with Crippen LogP contribution in [0.4, 0.5) is 5.69 Å². The van der Waals surface area contributed by atoms with Crippen LogP contribution in [-0.2, 0) is 16.0 Å². The molecule has 1 saturated carbocycles. The zero-order chi connectivity index (χ0) is 27.5. The average Bonchev–Trinajstić information content (AvgIpc) is 3.72. The number of benzene rings is 2. The molecule has 0 spiro atoms. The molecular formula is C31H36ClN3O4. The molecule has 0 atom stereocenters. The highest BCUT2D eigenvalue weighted by molar-refractivity contribution is 6.33. The minimum atomic E-state index is -0.309. The number of aryl methyl sites for hydroxylation is 1. The molecule has 39 heavy (non-hydrogen) atoms. The van der Waals surface area contributed by atoms with Crippen molar-refractivity contribution in [2.24, 2.45) is 0 Å². The van der Waals surface area contributed by atoms with E-state index in [1.54, 1.807) is 7.11 Å². The van der Waals surface area contributed by atoms with E-state index in [4.69, 9.17) is 25.6 Å². The highest BCUT2D eigenvalue weighted by atomic mass is 35.5. The van der Waals surface area contributed by atoms with Gasteiger partial charge in [-0.25, -0.2) is 4.79 Å². The van der Waals surface area contributed by atoms with Gasteiger partial charge in [0.15, 0.2) is 0 Å². The zero-order valence-corrected chi connectivity index (χ0v) is 23.9. The first-order valence-corrected chi connectivity index (χ1v) is 14.0. The number of ether oxygens (including phenoxy) is 2. The number of hydrogen-bond donors (Lipinski definition) is 0. The summed E-state index contributed by atoms with van der Waals surface area (Å²) in [5, 5.41) is 5.10. The third-order valence-electron chi connectivity index (χ3n) is 7.81. The van der Waals surface area contributed by atoms with E-state index in [1.807, 2.05) is 44.2 Å². The molecule has 5 rings (SSSR count). The number of carbonyl (C=O) groups is 1. The Balaban J connectivity index is 1.26. The van der Waals surface area contributed by atoms with Gasteiger partial charge in [0.05, 0.1) is 30.4 Å². The Morgan fingerprint density at radius 2 is 1.92 bits per heavy atom. The van der Waals surface area contributed by atoms with Crippen LogP contribution in [0.15, 0.2) is 47.0 Å². The van der Waals surface area contributed by atoms with Gasteiger partial charge in [0.2, 0.25) is 0 Å². The fourth-order valence-corrected chi connectivity index (χ4v) is 5.73. The van der Waals surface area contributed by atoms with Gasteiger partial charge in [-0.15, -0.1) is 0 Å². The topological polar surface area (TPSA) is 68.0 Å². The Labute approximate surface area is 235 Å². The number of rotatable bonds is 9. The monoisotopic (exact) mass is 549 g/mol. The van der Waals surface area contributed by atoms with E-state index in [2.05, 4.69) is 27.1 Å². The Hall–Kier alpha value is -3.29. The number of aromatic nitrogens is 1. The van der Waals surface area contributed by atoms with E-state index in [0.29, 0.717) is 22.3 Å². The van der Waals surface area contributed by atoms with E-state index in [1.165, 1.54) is 12.8 Å². The van der Waals surface area contributed by atoms with Crippen LogP contribution in [-0.4, -0.2) is 63.0 Å². The summed E-state index contributed by atoms with van der Waals surface area (Å²) in [7, 11) is 3.07. The molecule has 3 aromatic rings. The molecule has 1 saturated heterocycles. The second kappa shape index (κ2) is 11.8. The molecular weight excluding hydrogens is 514 g/mol. The number of piperazine rings is 1. The molecule has 0 radical (unpaired) electrons. The molecule has 0 amide bonds. The first-order valence-electron chi connectivity index (χ1n) is 13.6. The van der Waals surface area contributed by atoms with Gasteiger partial charge in [-0.05, 0) is 68.5 Å². The minimum absolute atomic E-state index is 0.309. The van der Waals surface area contributed by atoms with Crippen molar-refractivity contribution in [1.82, 2.24) is 10.1 Å². The second-order valence-electron chi connectivity index (χ2n) is 10.2. The maximum Gasteiger partial charge on any atom is 0.338 e. The summed E-state index contributed by atoms with van der Waals surface area (Å²) in [6, 6.07) is 12.0. The van der Waals surface area contributed by atoms with E-state index in [-0.39, 0.29) is 5.97 Å². The van der Waals surface area contributed by atoms with E-state index in [9.17, 15) is 4.79 Å². The number of nitrogens with zero attached hydrogens (tertiary/aromatic N) is 3. The average molecular weight is 550 g/mol. The van der Waals surface area contributed by atoms with Crippen molar-refractivity contribution in [3.05, 3.63) is 69.9 Å². The van der Waals surface area contributed by atoms with Crippen LogP contribution in [0.2, 0.25) is 5.02 Å². The van der Waals surface area contributed by atoms with E-state index < -0.39 is 0 Å². The van der Waals surface area contributed by atoms with Gasteiger partial charge in [-0.2, -0.15) is 0 Å². The smallest absolute Gasteiger partial charge is 0.338 e. The highest BCUT2D eigenvalue weighted by Gasteiger charge is 2.34. The molecule has 2 aliphatic rings. The molecule has 2 heterocycles. The molecule has 1 aliphatic carbocycles. The fourth-order valence-electron chi connectivity index (χ4n) is 5.47. The third-order valence-corrected chi connectivity index (χ3v) is 8.12. The maximum absolute atomic E-state index is 12.1. The number of esters is 1. The summed E-state index contributed by atoms with van der Waals surface area (Å²) in [6.07, 6.45) is 4.96. The lowest BCUT2D eigenvalue weighted by atomic mass is 9.99. The summed E-state index contributed by atoms with van der Waals surface area (Å²) in [4.78, 5) is 17.1. The van der Waals surface area contributed by atoms with Gasteiger partial charge in [-0.3, -0.25) is 4.90 Å². The second-order valence-corrected chi connectivity index (χ2v) is 10.6. The Morgan fingerprint density at radius 3 is 2.56 bits per heavy atom. The van der Waals surface area contributed by atoms with E-state index in [0.717, 1.165) is 85.7 Å². The first-order chi connectivity index (χ1) is 18.9. The summed E-state index contributed by atoms with van der Waals surface area (Å²) in [5.74, 6) is 1.87. The third kappa shape index (κ3) is 5.70. The van der Waals surface area contributed by atoms with Crippen LogP contribution in [0.5, 0.6) is 5.75 Å². The number of hydrogen-bond acceptors (Lipinski definition) is 7. The summed E-state index contributed by atoms with van der Waals surface area (Å²) >= 11 is 6.61. The van der Waals surface area contributed by atoms with Crippen LogP contribution in [0, 0.1) is 6.92 Å². The molecule has 2 fully saturated rings. The number of anilines is 1. The predicted molar refractivity (Wildman–Crippen MR) is 155 cm³/mol. The van der Waals surface area contributed by atoms with Crippen molar-refractivity contribution in [2.75, 3.05) is 51.8 Å². The molecule has 8 heteroatoms. The lowest BCUT2D eigenvalue weighted by Gasteiger charge is -2.36. The number of carbonyl (C=O) groups excluding carboxylic acids is 1. The van der Waals surface area contributed by atoms with Crippen LogP contribution in [0.25, 0.3) is 16.8 Å². The highest BCUT2D eigenvalue weighted by Crippen LogP contribution is 2.46. The first kappa shape index (κ1) is 27.3. The van der Waals surface area contributed by atoms with Gasteiger partial charge in [0.25, 0.3) is 0 Å². The van der Waals surface area contributed by atoms with Crippen molar-refractivity contribution in [1.29, 1.82) is 0 Å². The summed E-state index contributed by atoms with van der Waals surface area (Å²) in [5.41, 5.74) is 6.53. The van der Waals surface area contributed by atoms with Crippen molar-refractivity contribution in [2.45, 2.75) is 39.0 Å². The zero-order valence-electron chi connectivity index (χ0n) is 23.1. The van der Waals surface area contributed by atoms with Crippen molar-refractivity contribution >= 4 is 28.8 Å². The Kier molecular flexibility index (Phi) is 8.29. The molecule has 0 unspecified atom stereocenters. The lowest BCUT2D eigenvalue weighted by molar-refractivity contribution is -0.133. The van der Waals surface area contributed by atoms with Gasteiger partial charge in [-0.1, -0.05) is 35.0 Å². The van der Waals surface area contributed by atoms with Crippen molar-refractivity contribution < 1.29 is 18.8 Å². The van der Waals surface area contributed by atoms with Crippen LogP contribution in [0.1, 0.15) is 48.1 Å². The molecule has 206 valence electrons. The van der Waals surface area contributed by atoms with Gasteiger partial charge in [0, 0.05) is 49.9 Å². The minimum Gasteiger partial charge on any atom is -0.496 e. The standard InChI is InChI=1S/C31H36ClN3O4/c1-5-23(31(36)38-4)24-12-11-22(19-20(24)2)35-17-15-34(16-18-35)14-13-25-29(33-39-30(25)21-9-10-21)28-26(32)7-6-8-27(28)37-3/h5-8,11-12,19,21H,9-10,13-18H2,1-4H3/b23-5+. The molecule has 2 aromatic carbocycles. The van der Waals surface area contributed by atoms with Gasteiger partial charge < -0.3 is 18.9 Å². The molecule has 1 aromatic heterocycles. The number of allylic oxidation sites excluding steroid dienone is 1. The molecule has 7 nitrogen and oxygen atoms in total. The number of methoxy groups -OCH3 is 2. The van der Waals surface area contributed by atoms with Gasteiger partial charge >= 0.3 is 5.97 Å². The molecule has 0 N–H and O–H groups in total. The summed E-state index contributed by atoms with van der Waals surface area (Å²) < 4.78 is 16.4. The number of halogens is 1. The van der Waals surface area contributed by atoms with Crippen LogP contribution < -0.4 is 9.64 Å². The maximum atomic E-state index is 12.1. The SMILES string of the molecule is C/C=C(/C(=O)OC)c1ccc(N2CCN(CCc3c(-c4c(Cl)cccc4OC)noc3C3CC3)CC2)cc1C. The Morgan fingerprint density at radius 1 is 1.15 bits per heavy atom. The largest absolute Gasteiger partial charge is 0.496 e. The van der Waals surface area contributed by atoms with Crippen molar-refractivity contribution in [3.63, 3.8) is 0 Å². The van der Waals surface area contributed by atoms with Crippen molar-refractivity contribution in [3.8, 4) is 17.0 Å². The fraction of sp³-hybridized carbons (Fsp3) is 0.419. The molecule has 1 aliphatic heterocycles. The summed E-state index contributed by atoms with van der Waals surface area (Å²) in [6.45, 7) is 8.66. The molecule has 0 bridgehead atoms. The quantitative estimate of drug-likeness (QED) is 0.235. The van der Waals surface area contributed by atoms with Gasteiger partial charge in [0.1, 0.15) is 17.2 Å². The van der Waals surface area contributed by atoms with E-state index >= 15 is 0 Å². The van der Waals surface area contributed by atoms with Crippen LogP contribution >= 0.6 is 11.6 Å².